The van der Waals surface area contributed by atoms with Gasteiger partial charge < -0.3 is 15.0 Å². The smallest absolute Gasteiger partial charge is 0.271 e. The van der Waals surface area contributed by atoms with Crippen molar-refractivity contribution in [2.75, 3.05) is 18.0 Å². The molecule has 1 unspecified atom stereocenters. The average molecular weight is 595 g/mol. The Morgan fingerprint density at radius 2 is 1.69 bits per heavy atom. The van der Waals surface area contributed by atoms with Gasteiger partial charge in [0.25, 0.3) is 15.7 Å². The molecule has 0 aromatic heterocycles. The van der Waals surface area contributed by atoms with Gasteiger partial charge in [-0.25, -0.2) is 8.42 Å². The van der Waals surface area contributed by atoms with Crippen molar-refractivity contribution >= 4 is 33.2 Å². The molecule has 2 amide bonds. The number of benzene rings is 3. The molecular formula is C30H34N4O7S. The Hall–Kier alpha value is -4.45. The maximum Gasteiger partial charge on any atom is 0.271 e. The highest BCUT2D eigenvalue weighted by Gasteiger charge is 2.33. The fourth-order valence-corrected chi connectivity index (χ4v) is 6.34. The first kappa shape index (κ1) is 30.5. The Bertz CT molecular complexity index is 1510. The zero-order chi connectivity index (χ0) is 30.3. The van der Waals surface area contributed by atoms with Crippen molar-refractivity contribution in [1.82, 2.24) is 10.2 Å². The van der Waals surface area contributed by atoms with Crippen molar-refractivity contribution in [2.24, 2.45) is 0 Å². The van der Waals surface area contributed by atoms with Crippen LogP contribution in [0.3, 0.4) is 0 Å². The quantitative estimate of drug-likeness (QED) is 0.244. The van der Waals surface area contributed by atoms with E-state index in [1.54, 1.807) is 49.4 Å². The predicted molar refractivity (Wildman–Crippen MR) is 157 cm³/mol. The van der Waals surface area contributed by atoms with Crippen molar-refractivity contribution < 1.29 is 27.7 Å². The summed E-state index contributed by atoms with van der Waals surface area (Å²) in [7, 11) is -2.79. The second-order valence-electron chi connectivity index (χ2n) is 10.1. The SMILES string of the molecule is COc1ccc(CN(C(=O)CN(c2cccc([N+](=O)[O-])c2)S(=O)(=O)c2ccccc2)C(C)C(=O)NC2CCCC2)cc1. The molecule has 42 heavy (non-hydrogen) atoms. The third-order valence-corrected chi connectivity index (χ3v) is 9.11. The van der Waals surface area contributed by atoms with E-state index in [2.05, 4.69) is 5.32 Å². The Labute approximate surface area is 245 Å². The summed E-state index contributed by atoms with van der Waals surface area (Å²) in [5, 5.41) is 14.5. The van der Waals surface area contributed by atoms with Crippen LogP contribution in [0.2, 0.25) is 0 Å². The number of ether oxygens (including phenoxy) is 1. The minimum atomic E-state index is -4.33. The number of carbonyl (C=O) groups is 2. The number of nitro groups is 1. The molecule has 0 spiro atoms. The number of hydrogen-bond acceptors (Lipinski definition) is 7. The van der Waals surface area contributed by atoms with E-state index in [9.17, 15) is 28.1 Å². The Kier molecular flexibility index (Phi) is 9.79. The zero-order valence-electron chi connectivity index (χ0n) is 23.5. The first-order valence-corrected chi connectivity index (χ1v) is 15.1. The van der Waals surface area contributed by atoms with E-state index >= 15 is 0 Å². The largest absolute Gasteiger partial charge is 0.497 e. The van der Waals surface area contributed by atoms with E-state index in [0.29, 0.717) is 11.3 Å². The molecule has 12 heteroatoms. The highest BCUT2D eigenvalue weighted by atomic mass is 32.2. The van der Waals surface area contributed by atoms with E-state index < -0.39 is 33.4 Å². The van der Waals surface area contributed by atoms with Gasteiger partial charge in [0.1, 0.15) is 18.3 Å². The van der Waals surface area contributed by atoms with Gasteiger partial charge in [-0.15, -0.1) is 0 Å². The topological polar surface area (TPSA) is 139 Å². The lowest BCUT2D eigenvalue weighted by molar-refractivity contribution is -0.384. The van der Waals surface area contributed by atoms with Gasteiger partial charge in [-0.3, -0.25) is 24.0 Å². The Morgan fingerprint density at radius 1 is 1.02 bits per heavy atom. The van der Waals surface area contributed by atoms with Gasteiger partial charge in [0.15, 0.2) is 0 Å². The standard InChI is InChI=1S/C30H34N4O7S/c1-22(30(36)31-24-9-6-7-10-24)32(20-23-15-17-27(41-2)18-16-23)29(35)21-33(25-11-8-12-26(19-25)34(37)38)42(39,40)28-13-4-3-5-14-28/h3-5,8,11-19,22,24H,6-7,9-10,20-21H2,1-2H3,(H,31,36). The van der Waals surface area contributed by atoms with E-state index in [-0.39, 0.29) is 34.8 Å². The molecule has 0 bridgehead atoms. The number of non-ortho nitro benzene ring substituents is 1. The number of nitrogens with one attached hydrogen (secondary N) is 1. The molecule has 4 rings (SSSR count). The third kappa shape index (κ3) is 7.24. The molecule has 1 saturated carbocycles. The monoisotopic (exact) mass is 594 g/mol. The van der Waals surface area contributed by atoms with E-state index in [1.807, 2.05) is 0 Å². The van der Waals surface area contributed by atoms with Crippen LogP contribution in [0.5, 0.6) is 5.75 Å². The van der Waals surface area contributed by atoms with Crippen LogP contribution < -0.4 is 14.4 Å². The summed E-state index contributed by atoms with van der Waals surface area (Å²) >= 11 is 0. The number of anilines is 1. The average Bonchev–Trinajstić information content (AvgIpc) is 3.52. The summed E-state index contributed by atoms with van der Waals surface area (Å²) < 4.78 is 33.7. The van der Waals surface area contributed by atoms with Crippen LogP contribution in [-0.2, 0) is 26.2 Å². The maximum absolute atomic E-state index is 14.0. The van der Waals surface area contributed by atoms with Gasteiger partial charge in [0.2, 0.25) is 11.8 Å². The van der Waals surface area contributed by atoms with Crippen LogP contribution in [-0.4, -0.2) is 55.8 Å². The van der Waals surface area contributed by atoms with Gasteiger partial charge in [-0.05, 0) is 55.7 Å². The summed E-state index contributed by atoms with van der Waals surface area (Å²) in [5.41, 5.74) is 0.332. The van der Waals surface area contributed by atoms with Crippen LogP contribution in [0, 0.1) is 10.1 Å². The Balaban J connectivity index is 1.70. The molecule has 1 fully saturated rings. The molecule has 0 heterocycles. The maximum atomic E-state index is 14.0. The number of nitrogens with zero attached hydrogens (tertiary/aromatic N) is 3. The van der Waals surface area contributed by atoms with Crippen molar-refractivity contribution in [3.05, 3.63) is 94.5 Å². The number of carbonyl (C=O) groups excluding carboxylic acids is 2. The van der Waals surface area contributed by atoms with Crippen molar-refractivity contribution in [1.29, 1.82) is 0 Å². The highest BCUT2D eigenvalue weighted by Crippen LogP contribution is 2.28. The first-order chi connectivity index (χ1) is 20.1. The number of sulfonamides is 1. The summed E-state index contributed by atoms with van der Waals surface area (Å²) in [6, 6.07) is 18.7. The predicted octanol–water partition coefficient (Wildman–Crippen LogP) is 4.27. The molecular weight excluding hydrogens is 560 g/mol. The fourth-order valence-electron chi connectivity index (χ4n) is 4.91. The summed E-state index contributed by atoms with van der Waals surface area (Å²) in [6.07, 6.45) is 3.76. The van der Waals surface area contributed by atoms with Gasteiger partial charge >= 0.3 is 0 Å². The molecule has 222 valence electrons. The van der Waals surface area contributed by atoms with Crippen LogP contribution >= 0.6 is 0 Å². The number of nitro benzene ring substituents is 1. The Morgan fingerprint density at radius 3 is 2.31 bits per heavy atom. The van der Waals surface area contributed by atoms with Crippen molar-refractivity contribution in [2.45, 2.75) is 56.1 Å². The lowest BCUT2D eigenvalue weighted by Crippen LogP contribution is -2.52. The second-order valence-corrected chi connectivity index (χ2v) is 12.0. The summed E-state index contributed by atoms with van der Waals surface area (Å²) in [5.74, 6) is -0.364. The molecule has 1 aliphatic rings. The van der Waals surface area contributed by atoms with Gasteiger partial charge in [-0.1, -0.05) is 49.2 Å². The van der Waals surface area contributed by atoms with Crippen LogP contribution in [0.25, 0.3) is 0 Å². The number of rotatable bonds is 12. The minimum Gasteiger partial charge on any atom is -0.497 e. The molecule has 1 aliphatic carbocycles. The van der Waals surface area contributed by atoms with Gasteiger partial charge in [0, 0.05) is 24.7 Å². The molecule has 0 saturated heterocycles. The van der Waals surface area contributed by atoms with Gasteiger partial charge in [-0.2, -0.15) is 0 Å². The van der Waals surface area contributed by atoms with Gasteiger partial charge in [0.05, 0.1) is 22.6 Å². The first-order valence-electron chi connectivity index (χ1n) is 13.6. The van der Waals surface area contributed by atoms with E-state index in [4.69, 9.17) is 4.74 Å². The highest BCUT2D eigenvalue weighted by molar-refractivity contribution is 7.92. The molecule has 3 aromatic carbocycles. The number of amides is 2. The lowest BCUT2D eigenvalue weighted by Gasteiger charge is -2.32. The normalized spacial score (nSPS) is 14.1. The third-order valence-electron chi connectivity index (χ3n) is 7.32. The zero-order valence-corrected chi connectivity index (χ0v) is 24.3. The molecule has 1 N–H and O–H groups in total. The molecule has 1 atom stereocenters. The minimum absolute atomic E-state index is 0.0241. The van der Waals surface area contributed by atoms with Crippen molar-refractivity contribution in [3.8, 4) is 5.75 Å². The van der Waals surface area contributed by atoms with Crippen LogP contribution in [0.1, 0.15) is 38.2 Å². The molecule has 3 aromatic rings. The summed E-state index contributed by atoms with van der Waals surface area (Å²) in [6.45, 7) is 0.945. The van der Waals surface area contributed by atoms with Crippen LogP contribution in [0.15, 0.2) is 83.8 Å². The van der Waals surface area contributed by atoms with E-state index in [1.165, 1.54) is 42.3 Å². The molecule has 0 aliphatic heterocycles. The number of hydrogen-bond donors (Lipinski definition) is 1. The van der Waals surface area contributed by atoms with Crippen LogP contribution in [0.4, 0.5) is 11.4 Å². The lowest BCUT2D eigenvalue weighted by atomic mass is 10.1. The van der Waals surface area contributed by atoms with E-state index in [0.717, 1.165) is 36.1 Å². The summed E-state index contributed by atoms with van der Waals surface area (Å²) in [4.78, 5) is 39.4. The molecule has 11 nitrogen and oxygen atoms in total. The number of methoxy groups -OCH3 is 1. The fraction of sp³-hybridized carbons (Fsp3) is 0.333. The second kappa shape index (κ2) is 13.5. The van der Waals surface area contributed by atoms with Crippen molar-refractivity contribution in [3.63, 3.8) is 0 Å². The molecule has 0 radical (unpaired) electrons.